The van der Waals surface area contributed by atoms with Gasteiger partial charge in [-0.15, -0.1) is 0 Å². The molecule has 0 aromatic heterocycles. The van der Waals surface area contributed by atoms with Crippen molar-refractivity contribution >= 4 is 41.8 Å². The minimum atomic E-state index is -6.14. The number of hydrogen-bond acceptors (Lipinski definition) is 32. The van der Waals surface area contributed by atoms with E-state index < -0.39 is 296 Å². The van der Waals surface area contributed by atoms with Crippen molar-refractivity contribution in [3.8, 4) is 0 Å². The molecule has 0 saturated carbocycles. The van der Waals surface area contributed by atoms with E-state index in [0.29, 0.717) is 34.6 Å². The lowest BCUT2D eigenvalue weighted by atomic mass is 9.83. The van der Waals surface area contributed by atoms with Crippen molar-refractivity contribution < 1.29 is 326 Å². The molecule has 0 spiro atoms. The first kappa shape index (κ1) is 132. The summed E-state index contributed by atoms with van der Waals surface area (Å²) in [5.41, 5.74) is -8.74. The van der Waals surface area contributed by atoms with Crippen LogP contribution in [0.3, 0.4) is 0 Å². The second-order valence-corrected chi connectivity index (χ2v) is 30.9. The summed E-state index contributed by atoms with van der Waals surface area (Å²) in [6.45, 7) is 22.7. The first-order valence-corrected chi connectivity index (χ1v) is 36.9. The summed E-state index contributed by atoms with van der Waals surface area (Å²) in [6, 6.07) is 0. The van der Waals surface area contributed by atoms with Crippen molar-refractivity contribution in [1.82, 2.24) is 0 Å². The average Bonchev–Trinajstić information content (AvgIpc) is 0.712. The fourth-order valence-corrected chi connectivity index (χ4v) is 9.94. The first-order chi connectivity index (χ1) is 62.8. The van der Waals surface area contributed by atoms with Crippen LogP contribution in [0.5, 0.6) is 0 Å². The van der Waals surface area contributed by atoms with Gasteiger partial charge in [0.1, 0.15) is 24.9 Å². The van der Waals surface area contributed by atoms with Crippen LogP contribution in [-0.4, -0.2) is 309 Å². The van der Waals surface area contributed by atoms with E-state index in [1.54, 1.807) is 0 Å². The lowest BCUT2D eigenvalue weighted by molar-refractivity contribution is -0.525. The Morgan fingerprint density at radius 1 is 0.336 bits per heavy atom. The first-order valence-electron chi connectivity index (χ1n) is 36.9. The van der Waals surface area contributed by atoms with Gasteiger partial charge in [-0.25, -0.2) is 33.6 Å². The molecule has 32 nitrogen and oxygen atoms in total. The molecule has 7 fully saturated rings. The highest BCUT2D eigenvalue weighted by Gasteiger charge is 2.89. The zero-order valence-corrected chi connectivity index (χ0v) is 73.4. The van der Waals surface area contributed by atoms with Crippen molar-refractivity contribution in [1.29, 1.82) is 0 Å². The quantitative estimate of drug-likeness (QED) is 0.0346. The van der Waals surface area contributed by atoms with Gasteiger partial charge < -0.3 is 121 Å². The molecule has 0 bridgehead atoms. The summed E-state index contributed by atoms with van der Waals surface area (Å²) >= 11 is 0. The van der Waals surface area contributed by atoms with E-state index in [1.807, 2.05) is 0 Å². The van der Waals surface area contributed by atoms with Crippen molar-refractivity contribution in [3.05, 3.63) is 85.1 Å². The highest BCUT2D eigenvalue weighted by Crippen LogP contribution is 2.62. The van der Waals surface area contributed by atoms with E-state index in [-0.39, 0.29) is 22.3 Å². The van der Waals surface area contributed by atoms with Gasteiger partial charge in [0.05, 0.1) is 6.42 Å². The highest BCUT2D eigenvalue weighted by molar-refractivity contribution is 5.90. The molecule has 0 aromatic rings. The molecular formula is C72H77F39O32. The van der Waals surface area contributed by atoms with Crippen LogP contribution in [0.2, 0.25) is 0 Å². The molecular weight excluding hydrogens is 2120 g/mol. The normalized spacial score (nSPS) is 32.2. The van der Waals surface area contributed by atoms with E-state index in [9.17, 15) is 220 Å². The lowest BCUT2D eigenvalue weighted by Crippen LogP contribution is -2.79. The Labute approximate surface area is 772 Å². The maximum Gasteiger partial charge on any atom is 0.450 e. The number of aliphatic hydroxyl groups is 7. The smallest absolute Gasteiger partial charge is 0.450 e. The third-order valence-corrected chi connectivity index (χ3v) is 18.6. The van der Waals surface area contributed by atoms with Gasteiger partial charge in [-0.05, 0) is 76.2 Å². The third kappa shape index (κ3) is 26.2. The predicted molar refractivity (Wildman–Crippen MR) is 373 cm³/mol. The highest BCUT2D eigenvalue weighted by atomic mass is 19.4. The van der Waals surface area contributed by atoms with Gasteiger partial charge in [0.25, 0.3) is 17.9 Å². The zero-order chi connectivity index (χ0) is 114. The number of esters is 7. The molecule has 15 unspecified atom stereocenters. The monoisotopic (exact) mass is 2190 g/mol. The SMILES string of the molecule is C=C(C)C(=O)OC1(C)OCOC(O)(C(F)(F)F)C1(F)F.C=C(C)C(=O)OC1C(F)(F)C(C)(C)OC(O)(C(F)(F)F)C1(F)F.C=C(C)C(=O)OC1C(F)(F)C(C)OC(O)(C(F)(F)F)C1(F)F.C=C(C)C(=O)OC1C(F)(F)COC(O)(C(F)(F)F)C1(F)F.C=C(C)C(=O)OC1CC(O)(C(F)(F)F)OCO1.C=C(C)C(=O)OC1OCOC(O)(C(F)(F)F)C1(F)F.C=C(C)C(=O)OCC1(C)OCOC(O)(C(F)(F)F)C1(F)F. The van der Waals surface area contributed by atoms with Crippen LogP contribution in [0.25, 0.3) is 0 Å². The molecule has 7 aliphatic heterocycles. The van der Waals surface area contributed by atoms with Crippen molar-refractivity contribution in [2.75, 3.05) is 40.4 Å². The molecule has 7 rings (SSSR count). The molecule has 15 atom stereocenters. The topological polar surface area (TPSA) is 427 Å². The Balaban J connectivity index is 0.000000835. The van der Waals surface area contributed by atoms with Crippen LogP contribution in [0, 0.1) is 0 Å². The van der Waals surface area contributed by atoms with E-state index in [2.05, 4.69) is 131 Å². The van der Waals surface area contributed by atoms with E-state index in [0.717, 1.165) is 34.6 Å². The van der Waals surface area contributed by atoms with Crippen LogP contribution in [0.4, 0.5) is 171 Å². The number of rotatable bonds is 15. The van der Waals surface area contributed by atoms with Crippen LogP contribution in [0.1, 0.15) is 89.5 Å². The molecule has 0 amide bonds. The summed E-state index contributed by atoms with van der Waals surface area (Å²) in [7, 11) is 0. The molecule has 7 saturated heterocycles. The second kappa shape index (κ2) is 43.1. The van der Waals surface area contributed by atoms with Crippen LogP contribution >= 0.6 is 0 Å². The van der Waals surface area contributed by atoms with Gasteiger partial charge in [-0.1, -0.05) is 46.1 Å². The minimum Gasteiger partial charge on any atom is -0.459 e. The molecule has 71 heteroatoms. The van der Waals surface area contributed by atoms with Crippen molar-refractivity contribution in [2.24, 2.45) is 0 Å². The molecule has 143 heavy (non-hydrogen) atoms. The summed E-state index contributed by atoms with van der Waals surface area (Å²) in [4.78, 5) is 78.0. The van der Waals surface area contributed by atoms with E-state index >= 15 is 0 Å². The zero-order valence-electron chi connectivity index (χ0n) is 73.4. The fraction of sp³-hybridized carbons (Fsp3) is 0.708. The summed E-state index contributed by atoms with van der Waals surface area (Å²) in [6.07, 6.45) is -60.8. The molecule has 7 heterocycles. The molecule has 830 valence electrons. The molecule has 0 aromatic carbocycles. The van der Waals surface area contributed by atoms with E-state index in [1.165, 1.54) is 13.8 Å². The average molecular weight is 2200 g/mol. The Bertz CT molecular complexity index is 4660. The summed E-state index contributed by atoms with van der Waals surface area (Å²) < 4.78 is 583. The number of carbonyl (C=O) groups excluding carboxylic acids is 7. The summed E-state index contributed by atoms with van der Waals surface area (Å²) in [5, 5.41) is 63.8. The largest absolute Gasteiger partial charge is 0.459 e. The van der Waals surface area contributed by atoms with Gasteiger partial charge >= 0.3 is 173 Å². The van der Waals surface area contributed by atoms with Gasteiger partial charge in [0, 0.05) is 45.9 Å². The van der Waals surface area contributed by atoms with Gasteiger partial charge in [-0.2, -0.15) is 171 Å². The Kier molecular flexibility index (Phi) is 39.8. The number of ether oxygens (including phenoxy) is 18. The van der Waals surface area contributed by atoms with Gasteiger partial charge in [-0.3, -0.25) is 0 Å². The number of halogens is 39. The standard InChI is InChI=1S/C12H13F7O4.C11H11F7O4.C11H13F5O5.C10H9F7O4.C10H11F5O5.C9H9F5O5.C9H11F3O5/c1-5(2)6(20)22-7-9(13,14)8(3,4)23-11(21,10(7,15)16)12(17,18)19;1-4(2)6(19)21-7-8(12,13)5(3)22-10(20,9(7,14)15)11(16,17)18;1-6(2)7(17)19-4-8(3)9(12,13)10(18,11(14,15)16)21-5-20-8;1-4(2)5(18)21-6-7(11,12)3-20-9(19,8(6,13)14)10(15,16)17;1-5(2)6(16)20-7(3)8(11,12)9(17,10(13,14)15)19-4-18-7;1-4(2)5(15)19-6-7(10,11)8(16,9(12,13)14)18-3-17-6;1-5(2)7(13)17-6-3-8(14,9(10,11)12)16-4-15-6/h7,21H,1H2,2-4H3;5,7,20H,1H2,2-3H3;18H,1,4-5H2,2-3H3;6,19H,1,3H2,2H3;17H,1,4H2,2-3H3;6,16H,1,3H2,2H3;6,14H,1,3-4H2,2H3. The van der Waals surface area contributed by atoms with Crippen molar-refractivity contribution in [2.45, 2.75) is 281 Å². The van der Waals surface area contributed by atoms with Crippen LogP contribution in [-0.2, 0) is 119 Å². The lowest BCUT2D eigenvalue weighted by Gasteiger charge is -2.53. The van der Waals surface area contributed by atoms with Gasteiger partial charge in [0.2, 0.25) is 24.6 Å². The maximum absolute atomic E-state index is 14.1. The Morgan fingerprint density at radius 2 is 0.657 bits per heavy atom. The fourth-order valence-electron chi connectivity index (χ4n) is 9.94. The maximum atomic E-state index is 14.1. The Morgan fingerprint density at radius 3 is 1.03 bits per heavy atom. The second-order valence-electron chi connectivity index (χ2n) is 30.9. The van der Waals surface area contributed by atoms with Crippen LogP contribution < -0.4 is 0 Å². The van der Waals surface area contributed by atoms with E-state index in [4.69, 9.17) is 20.4 Å². The number of carbonyl (C=O) groups is 7. The Hall–Kier alpha value is -8.98. The van der Waals surface area contributed by atoms with Crippen molar-refractivity contribution in [3.63, 3.8) is 0 Å². The molecule has 7 N–H and O–H groups in total. The van der Waals surface area contributed by atoms with Gasteiger partial charge in [0.15, 0.2) is 32.8 Å². The molecule has 0 aliphatic carbocycles. The summed E-state index contributed by atoms with van der Waals surface area (Å²) in [5.74, 6) is -93.1. The number of alkyl halides is 39. The number of hydrogen-bond donors (Lipinski definition) is 7. The third-order valence-electron chi connectivity index (χ3n) is 18.6. The predicted octanol–water partition coefficient (Wildman–Crippen LogP) is 13.1. The van der Waals surface area contributed by atoms with Crippen LogP contribution in [0.15, 0.2) is 85.1 Å². The molecule has 0 radical (unpaired) electrons. The minimum absolute atomic E-state index is 0.00985. The molecule has 7 aliphatic rings.